The number of benzene rings is 2. The van der Waals surface area contributed by atoms with Gasteiger partial charge in [-0.15, -0.1) is 0 Å². The third-order valence-electron chi connectivity index (χ3n) is 3.29. The van der Waals surface area contributed by atoms with Crippen LogP contribution in [0.5, 0.6) is 5.75 Å². The predicted octanol–water partition coefficient (Wildman–Crippen LogP) is 3.91. The van der Waals surface area contributed by atoms with E-state index in [1.54, 1.807) is 31.2 Å². The van der Waals surface area contributed by atoms with Gasteiger partial charge in [0.05, 0.1) is 0 Å². The summed E-state index contributed by atoms with van der Waals surface area (Å²) in [5.74, 6) is -0.583. The molecule has 0 heterocycles. The fourth-order valence-electron chi connectivity index (χ4n) is 2.29. The van der Waals surface area contributed by atoms with Gasteiger partial charge in [0.25, 0.3) is 5.91 Å². The second-order valence-electron chi connectivity index (χ2n) is 5.75. The molecule has 1 N–H and O–H groups in total. The summed E-state index contributed by atoms with van der Waals surface area (Å²) in [5.41, 5.74) is 2.74. The van der Waals surface area contributed by atoms with E-state index in [4.69, 9.17) is 21.1 Å². The first-order valence-corrected chi connectivity index (χ1v) is 8.18. The minimum atomic E-state index is -0.854. The molecule has 0 radical (unpaired) electrons. The number of halogens is 1. The number of aryl methyl sites for hydroxylation is 2. The number of esters is 1. The SMILES string of the molecule is Cc1cc(C)cc(NC(=O)COC(=O)C(C)Oc2cccc(Cl)c2)c1. The molecule has 25 heavy (non-hydrogen) atoms. The maximum atomic E-state index is 11.9. The van der Waals surface area contributed by atoms with E-state index in [-0.39, 0.29) is 6.61 Å². The highest BCUT2D eigenvalue weighted by atomic mass is 35.5. The summed E-state index contributed by atoms with van der Waals surface area (Å²) in [6.45, 7) is 5.05. The zero-order valence-corrected chi connectivity index (χ0v) is 15.1. The van der Waals surface area contributed by atoms with Crippen LogP contribution < -0.4 is 10.1 Å². The van der Waals surface area contributed by atoms with Gasteiger partial charge in [0.1, 0.15) is 5.75 Å². The van der Waals surface area contributed by atoms with Crippen LogP contribution in [0.25, 0.3) is 0 Å². The van der Waals surface area contributed by atoms with Crippen molar-refractivity contribution in [3.05, 3.63) is 58.6 Å². The quantitative estimate of drug-likeness (QED) is 0.792. The molecule has 0 bridgehead atoms. The van der Waals surface area contributed by atoms with Gasteiger partial charge in [0, 0.05) is 10.7 Å². The van der Waals surface area contributed by atoms with Crippen molar-refractivity contribution in [1.29, 1.82) is 0 Å². The number of hydrogen-bond donors (Lipinski definition) is 1. The van der Waals surface area contributed by atoms with E-state index in [0.717, 1.165) is 11.1 Å². The predicted molar refractivity (Wildman–Crippen MR) is 97.0 cm³/mol. The van der Waals surface area contributed by atoms with Crippen LogP contribution in [0.1, 0.15) is 18.1 Å². The van der Waals surface area contributed by atoms with Crippen molar-refractivity contribution in [2.24, 2.45) is 0 Å². The molecule has 6 heteroatoms. The molecule has 2 aromatic rings. The molecule has 1 unspecified atom stereocenters. The summed E-state index contributed by atoms with van der Waals surface area (Å²) in [7, 11) is 0. The zero-order chi connectivity index (χ0) is 18.4. The number of ether oxygens (including phenoxy) is 2. The van der Waals surface area contributed by atoms with Gasteiger partial charge in [-0.2, -0.15) is 0 Å². The lowest BCUT2D eigenvalue weighted by molar-refractivity contribution is -0.153. The Balaban J connectivity index is 1.83. The summed E-state index contributed by atoms with van der Waals surface area (Å²) < 4.78 is 10.4. The lowest BCUT2D eigenvalue weighted by Gasteiger charge is -2.14. The minimum Gasteiger partial charge on any atom is -0.479 e. The van der Waals surface area contributed by atoms with E-state index in [9.17, 15) is 9.59 Å². The average molecular weight is 362 g/mol. The number of carbonyl (C=O) groups is 2. The van der Waals surface area contributed by atoms with Gasteiger partial charge < -0.3 is 14.8 Å². The zero-order valence-electron chi connectivity index (χ0n) is 14.3. The summed E-state index contributed by atoms with van der Waals surface area (Å²) in [4.78, 5) is 23.9. The van der Waals surface area contributed by atoms with Crippen molar-refractivity contribution >= 4 is 29.2 Å². The van der Waals surface area contributed by atoms with Gasteiger partial charge in [-0.3, -0.25) is 4.79 Å². The molecule has 0 aliphatic rings. The van der Waals surface area contributed by atoms with Crippen molar-refractivity contribution in [3.8, 4) is 5.75 Å². The number of rotatable bonds is 6. The monoisotopic (exact) mass is 361 g/mol. The second kappa shape index (κ2) is 8.53. The average Bonchev–Trinajstić information content (AvgIpc) is 2.51. The lowest BCUT2D eigenvalue weighted by atomic mass is 10.1. The minimum absolute atomic E-state index is 0.380. The third kappa shape index (κ3) is 6.12. The highest BCUT2D eigenvalue weighted by Gasteiger charge is 2.18. The Bertz CT molecular complexity index is 756. The Hall–Kier alpha value is -2.53. The summed E-state index contributed by atoms with van der Waals surface area (Å²) >= 11 is 5.86. The molecule has 1 amide bonds. The fraction of sp³-hybridized carbons (Fsp3) is 0.263. The molecular formula is C19H20ClNO4. The Morgan fingerprint density at radius 3 is 2.44 bits per heavy atom. The maximum absolute atomic E-state index is 11.9. The number of hydrogen-bond acceptors (Lipinski definition) is 4. The van der Waals surface area contributed by atoms with Crippen LogP contribution in [0.4, 0.5) is 5.69 Å². The van der Waals surface area contributed by atoms with Crippen LogP contribution in [0, 0.1) is 13.8 Å². The Kier molecular flexibility index (Phi) is 6.42. The summed E-state index contributed by atoms with van der Waals surface area (Å²) in [6.07, 6.45) is -0.854. The largest absolute Gasteiger partial charge is 0.479 e. The molecule has 2 rings (SSSR count). The normalized spacial score (nSPS) is 11.5. The van der Waals surface area contributed by atoms with Crippen LogP contribution in [-0.2, 0) is 14.3 Å². The van der Waals surface area contributed by atoms with Gasteiger partial charge in [-0.05, 0) is 62.2 Å². The van der Waals surface area contributed by atoms with E-state index < -0.39 is 18.0 Å². The van der Waals surface area contributed by atoms with Crippen LogP contribution >= 0.6 is 11.6 Å². The molecule has 1 atom stereocenters. The van der Waals surface area contributed by atoms with Crippen molar-refractivity contribution in [2.75, 3.05) is 11.9 Å². The highest BCUT2D eigenvalue weighted by Crippen LogP contribution is 2.18. The van der Waals surface area contributed by atoms with Crippen molar-refractivity contribution in [3.63, 3.8) is 0 Å². The first-order valence-electron chi connectivity index (χ1n) is 7.80. The van der Waals surface area contributed by atoms with Crippen LogP contribution in [0.2, 0.25) is 5.02 Å². The van der Waals surface area contributed by atoms with Gasteiger partial charge in [-0.1, -0.05) is 23.7 Å². The molecule has 0 aliphatic carbocycles. The molecule has 0 fully saturated rings. The van der Waals surface area contributed by atoms with Crippen molar-refractivity contribution in [2.45, 2.75) is 26.9 Å². The Morgan fingerprint density at radius 2 is 1.80 bits per heavy atom. The molecule has 0 saturated heterocycles. The Morgan fingerprint density at radius 1 is 1.12 bits per heavy atom. The molecule has 2 aromatic carbocycles. The molecule has 132 valence electrons. The van der Waals surface area contributed by atoms with Crippen LogP contribution in [0.3, 0.4) is 0 Å². The maximum Gasteiger partial charge on any atom is 0.347 e. The van der Waals surface area contributed by atoms with E-state index in [1.807, 2.05) is 32.0 Å². The molecule has 0 aliphatic heterocycles. The summed E-state index contributed by atoms with van der Waals surface area (Å²) in [5, 5.41) is 3.21. The number of nitrogens with one attached hydrogen (secondary N) is 1. The van der Waals surface area contributed by atoms with Gasteiger partial charge in [-0.25, -0.2) is 4.79 Å². The van der Waals surface area contributed by atoms with Gasteiger partial charge in [0.15, 0.2) is 12.7 Å². The molecule has 0 aromatic heterocycles. The third-order valence-corrected chi connectivity index (χ3v) is 3.53. The van der Waals surface area contributed by atoms with Gasteiger partial charge in [0.2, 0.25) is 0 Å². The molecule has 0 saturated carbocycles. The van der Waals surface area contributed by atoms with E-state index in [0.29, 0.717) is 16.5 Å². The van der Waals surface area contributed by atoms with E-state index in [2.05, 4.69) is 5.32 Å². The van der Waals surface area contributed by atoms with Crippen LogP contribution in [-0.4, -0.2) is 24.6 Å². The molecule has 0 spiro atoms. The Labute approximate surface area is 151 Å². The van der Waals surface area contributed by atoms with Crippen molar-refractivity contribution in [1.82, 2.24) is 0 Å². The topological polar surface area (TPSA) is 64.6 Å². The number of amides is 1. The first kappa shape index (κ1) is 18.8. The fourth-order valence-corrected chi connectivity index (χ4v) is 2.47. The second-order valence-corrected chi connectivity index (χ2v) is 6.19. The van der Waals surface area contributed by atoms with Crippen LogP contribution in [0.15, 0.2) is 42.5 Å². The molecular weight excluding hydrogens is 342 g/mol. The van der Waals surface area contributed by atoms with E-state index >= 15 is 0 Å². The van der Waals surface area contributed by atoms with Gasteiger partial charge >= 0.3 is 5.97 Å². The number of carbonyl (C=O) groups excluding carboxylic acids is 2. The number of anilines is 1. The lowest BCUT2D eigenvalue weighted by Crippen LogP contribution is -2.29. The smallest absolute Gasteiger partial charge is 0.347 e. The standard InChI is InChI=1S/C19H20ClNO4/c1-12-7-13(2)9-16(8-12)21-18(22)11-24-19(23)14(3)25-17-6-4-5-15(20)10-17/h4-10,14H,11H2,1-3H3,(H,21,22). The molecule has 5 nitrogen and oxygen atoms in total. The van der Waals surface area contributed by atoms with E-state index in [1.165, 1.54) is 0 Å². The van der Waals surface area contributed by atoms with Crippen molar-refractivity contribution < 1.29 is 19.1 Å². The highest BCUT2D eigenvalue weighted by molar-refractivity contribution is 6.30. The summed E-state index contributed by atoms with van der Waals surface area (Å²) in [6, 6.07) is 12.4. The first-order chi connectivity index (χ1) is 11.8.